The van der Waals surface area contributed by atoms with E-state index in [4.69, 9.17) is 4.74 Å². The van der Waals surface area contributed by atoms with Gasteiger partial charge in [0.2, 0.25) is 0 Å². The Morgan fingerprint density at radius 2 is 1.45 bits per heavy atom. The van der Waals surface area contributed by atoms with Gasteiger partial charge in [-0.25, -0.2) is 0 Å². The summed E-state index contributed by atoms with van der Waals surface area (Å²) in [5.74, 6) is 3.84. The number of Topliss-reactive ketones (excluding diaryl/α,β-unsaturated/α-hetero) is 1. The van der Waals surface area contributed by atoms with Crippen LogP contribution in [0.4, 0.5) is 0 Å². The van der Waals surface area contributed by atoms with Crippen molar-refractivity contribution in [3.8, 4) is 5.75 Å². The summed E-state index contributed by atoms with van der Waals surface area (Å²) in [7, 11) is 0. The molecule has 0 aromatic heterocycles. The van der Waals surface area contributed by atoms with Gasteiger partial charge in [0, 0.05) is 17.4 Å². The van der Waals surface area contributed by atoms with E-state index in [1.54, 1.807) is 0 Å². The molecular weight excluding hydrogens is 356 g/mol. The van der Waals surface area contributed by atoms with Crippen LogP contribution in [0.5, 0.6) is 5.75 Å². The quantitative estimate of drug-likeness (QED) is 0.582. The van der Waals surface area contributed by atoms with Gasteiger partial charge >= 0.3 is 0 Å². The SMILES string of the molecule is CC(C)(C)c1cc2c(c(C(C)(C)C)c1)OC(C(=O)C13CC4CC(CC(C4)C1)C3)C2. The van der Waals surface area contributed by atoms with Crippen LogP contribution in [0, 0.1) is 23.2 Å². The van der Waals surface area contributed by atoms with Crippen molar-refractivity contribution in [1.82, 2.24) is 0 Å². The molecule has 29 heavy (non-hydrogen) atoms. The van der Waals surface area contributed by atoms with E-state index in [0.717, 1.165) is 49.2 Å². The maximum atomic E-state index is 13.9. The number of carbonyl (C=O) groups is 1. The lowest BCUT2D eigenvalue weighted by Gasteiger charge is -2.56. The first-order valence-electron chi connectivity index (χ1n) is 11.8. The fraction of sp³-hybridized carbons (Fsp3) is 0.741. The second-order valence-electron chi connectivity index (χ2n) is 12.9. The van der Waals surface area contributed by atoms with Crippen molar-refractivity contribution in [3.63, 3.8) is 0 Å². The highest BCUT2D eigenvalue weighted by Crippen LogP contribution is 2.61. The van der Waals surface area contributed by atoms with Crippen LogP contribution in [0.2, 0.25) is 0 Å². The number of carbonyl (C=O) groups excluding carboxylic acids is 1. The smallest absolute Gasteiger partial charge is 0.179 e. The lowest BCUT2D eigenvalue weighted by molar-refractivity contribution is -0.150. The van der Waals surface area contributed by atoms with Crippen LogP contribution < -0.4 is 4.74 Å². The van der Waals surface area contributed by atoms with Crippen LogP contribution in [0.1, 0.15) is 96.8 Å². The van der Waals surface area contributed by atoms with Gasteiger partial charge in [0.05, 0.1) is 0 Å². The van der Waals surface area contributed by atoms with E-state index in [-0.39, 0.29) is 22.3 Å². The van der Waals surface area contributed by atoms with Crippen LogP contribution in [-0.4, -0.2) is 11.9 Å². The molecule has 0 spiro atoms. The summed E-state index contributed by atoms with van der Waals surface area (Å²) in [6.45, 7) is 13.6. The molecule has 4 aliphatic carbocycles. The number of ketones is 1. The van der Waals surface area contributed by atoms with Crippen LogP contribution >= 0.6 is 0 Å². The average molecular weight is 395 g/mol. The summed E-state index contributed by atoms with van der Waals surface area (Å²) in [5.41, 5.74) is 3.90. The van der Waals surface area contributed by atoms with Crippen molar-refractivity contribution in [2.45, 2.75) is 103 Å². The van der Waals surface area contributed by atoms with E-state index in [0.29, 0.717) is 5.78 Å². The van der Waals surface area contributed by atoms with E-state index in [1.807, 2.05) is 0 Å². The first-order valence-corrected chi connectivity index (χ1v) is 11.8. The monoisotopic (exact) mass is 394 g/mol. The molecule has 0 N–H and O–H groups in total. The van der Waals surface area contributed by atoms with Crippen molar-refractivity contribution in [1.29, 1.82) is 0 Å². The molecule has 2 heteroatoms. The van der Waals surface area contributed by atoms with Crippen molar-refractivity contribution in [2.75, 3.05) is 0 Å². The normalized spacial score (nSPS) is 35.5. The second-order valence-corrected chi connectivity index (χ2v) is 12.9. The number of benzene rings is 1. The molecule has 1 aromatic rings. The molecule has 1 aliphatic heterocycles. The van der Waals surface area contributed by atoms with Gasteiger partial charge in [0.25, 0.3) is 0 Å². The summed E-state index contributed by atoms with van der Waals surface area (Å²) in [5, 5.41) is 0. The first-order chi connectivity index (χ1) is 13.4. The van der Waals surface area contributed by atoms with E-state index in [1.165, 1.54) is 36.0 Å². The molecule has 5 aliphatic rings. The summed E-state index contributed by atoms with van der Waals surface area (Å²) in [6.07, 6.45) is 8.03. The Bertz CT molecular complexity index is 813. The molecule has 1 unspecified atom stereocenters. The highest BCUT2D eigenvalue weighted by atomic mass is 16.5. The summed E-state index contributed by atoms with van der Waals surface area (Å²) < 4.78 is 6.53. The molecule has 0 saturated heterocycles. The predicted molar refractivity (Wildman–Crippen MR) is 118 cm³/mol. The predicted octanol–water partition coefficient (Wildman–Crippen LogP) is 6.37. The van der Waals surface area contributed by atoms with Crippen LogP contribution in [0.15, 0.2) is 12.1 Å². The van der Waals surface area contributed by atoms with Gasteiger partial charge < -0.3 is 4.74 Å². The average Bonchev–Trinajstić information content (AvgIpc) is 3.01. The van der Waals surface area contributed by atoms with Crippen molar-refractivity contribution in [3.05, 3.63) is 28.8 Å². The van der Waals surface area contributed by atoms with Gasteiger partial charge in [-0.15, -0.1) is 0 Å². The number of hydrogen-bond acceptors (Lipinski definition) is 2. The second kappa shape index (κ2) is 6.11. The zero-order valence-corrected chi connectivity index (χ0v) is 19.2. The standard InChI is InChI=1S/C27H38O2/c1-25(2,3)20-10-19-11-22(29-23(19)21(12-20)26(4,5)6)24(28)27-13-16-7-17(14-27)9-18(8-16)15-27/h10,12,16-18,22H,7-9,11,13-15H2,1-6H3. The molecule has 2 nitrogen and oxygen atoms in total. The van der Waals surface area contributed by atoms with E-state index in [2.05, 4.69) is 53.7 Å². The summed E-state index contributed by atoms with van der Waals surface area (Å²) in [6, 6.07) is 4.65. The molecule has 1 heterocycles. The van der Waals surface area contributed by atoms with Gasteiger partial charge in [0.1, 0.15) is 5.75 Å². The Balaban J connectivity index is 1.47. The Labute approximate surface area is 176 Å². The topological polar surface area (TPSA) is 26.3 Å². The minimum atomic E-state index is -0.266. The Morgan fingerprint density at radius 1 is 0.897 bits per heavy atom. The van der Waals surface area contributed by atoms with Crippen molar-refractivity contribution < 1.29 is 9.53 Å². The molecule has 0 radical (unpaired) electrons. The largest absolute Gasteiger partial charge is 0.482 e. The van der Waals surface area contributed by atoms with Gasteiger partial charge in [-0.05, 0) is 78.2 Å². The molecule has 4 saturated carbocycles. The van der Waals surface area contributed by atoms with Crippen LogP contribution in [0.25, 0.3) is 0 Å². The number of hydrogen-bond donors (Lipinski definition) is 0. The zero-order chi connectivity index (χ0) is 20.8. The minimum Gasteiger partial charge on any atom is -0.482 e. The highest BCUT2D eigenvalue weighted by Gasteiger charge is 2.56. The van der Waals surface area contributed by atoms with Crippen molar-refractivity contribution in [2.24, 2.45) is 23.2 Å². The number of fused-ring (bicyclic) bond motifs is 1. The van der Waals surface area contributed by atoms with Gasteiger partial charge in [-0.1, -0.05) is 53.7 Å². The van der Waals surface area contributed by atoms with Gasteiger partial charge in [-0.2, -0.15) is 0 Å². The number of ether oxygens (including phenoxy) is 1. The van der Waals surface area contributed by atoms with E-state index >= 15 is 0 Å². The van der Waals surface area contributed by atoms with Gasteiger partial charge in [-0.3, -0.25) is 4.79 Å². The zero-order valence-electron chi connectivity index (χ0n) is 19.2. The molecule has 158 valence electrons. The number of rotatable bonds is 2. The lowest BCUT2D eigenvalue weighted by Crippen LogP contribution is -2.53. The molecule has 4 fully saturated rings. The molecule has 0 amide bonds. The maximum Gasteiger partial charge on any atom is 0.179 e. The fourth-order valence-corrected chi connectivity index (χ4v) is 7.25. The minimum absolute atomic E-state index is 0.00394. The Hall–Kier alpha value is -1.31. The molecule has 4 bridgehead atoms. The van der Waals surface area contributed by atoms with E-state index in [9.17, 15) is 4.79 Å². The molecule has 6 rings (SSSR count). The fourth-order valence-electron chi connectivity index (χ4n) is 7.25. The van der Waals surface area contributed by atoms with Gasteiger partial charge in [0.15, 0.2) is 11.9 Å². The van der Waals surface area contributed by atoms with E-state index < -0.39 is 0 Å². The van der Waals surface area contributed by atoms with Crippen molar-refractivity contribution >= 4 is 5.78 Å². The molecule has 1 atom stereocenters. The Morgan fingerprint density at radius 3 is 1.93 bits per heavy atom. The first kappa shape index (κ1) is 19.6. The lowest BCUT2D eigenvalue weighted by atomic mass is 9.48. The third kappa shape index (κ3) is 3.17. The highest BCUT2D eigenvalue weighted by molar-refractivity contribution is 5.90. The van der Waals surface area contributed by atoms with Crippen LogP contribution in [-0.2, 0) is 22.0 Å². The maximum absolute atomic E-state index is 13.9. The molecule has 1 aromatic carbocycles. The van der Waals surface area contributed by atoms with Crippen LogP contribution in [0.3, 0.4) is 0 Å². The molecular formula is C27H38O2. The summed E-state index contributed by atoms with van der Waals surface area (Å²) in [4.78, 5) is 13.9. The summed E-state index contributed by atoms with van der Waals surface area (Å²) >= 11 is 0. The third-order valence-corrected chi connectivity index (χ3v) is 8.36. The Kier molecular flexibility index (Phi) is 4.14. The third-order valence-electron chi connectivity index (χ3n) is 8.36.